The summed E-state index contributed by atoms with van der Waals surface area (Å²) in [5, 5.41) is 8.46. The van der Waals surface area contributed by atoms with Crippen LogP contribution in [0.15, 0.2) is 15.9 Å². The monoisotopic (exact) mass is 266 g/mol. The minimum atomic E-state index is 0.656. The van der Waals surface area contributed by atoms with Crippen LogP contribution in [0.2, 0.25) is 0 Å². The molecule has 18 heavy (non-hydrogen) atoms. The van der Waals surface area contributed by atoms with Crippen LogP contribution in [0.1, 0.15) is 31.5 Å². The van der Waals surface area contributed by atoms with E-state index in [1.165, 1.54) is 37.8 Å². The summed E-state index contributed by atoms with van der Waals surface area (Å²) in [6, 6.07) is 0.656. The third-order valence-electron chi connectivity index (χ3n) is 3.65. The highest BCUT2D eigenvalue weighted by Gasteiger charge is 2.29. The zero-order chi connectivity index (χ0) is 12.2. The number of nitrogens with one attached hydrogen (secondary N) is 1. The zero-order valence-corrected chi connectivity index (χ0v) is 11.2. The highest BCUT2D eigenvalue weighted by Crippen LogP contribution is 2.31. The Bertz CT molecular complexity index is 406. The van der Waals surface area contributed by atoms with Gasteiger partial charge in [-0.25, -0.2) is 0 Å². The molecule has 1 aromatic heterocycles. The molecule has 2 unspecified atom stereocenters. The van der Waals surface area contributed by atoms with Gasteiger partial charge in [0.2, 0.25) is 6.39 Å². The molecule has 2 fully saturated rings. The number of nitrogens with zero attached hydrogens (tertiary/aromatic N) is 3. The van der Waals surface area contributed by atoms with Gasteiger partial charge >= 0.3 is 0 Å². The molecule has 98 valence electrons. The van der Waals surface area contributed by atoms with E-state index in [9.17, 15) is 0 Å². The van der Waals surface area contributed by atoms with Crippen molar-refractivity contribution in [3.8, 4) is 0 Å². The molecule has 6 heteroatoms. The number of fused-ring (bicyclic) bond motifs is 1. The first-order valence-electron chi connectivity index (χ1n) is 6.61. The summed E-state index contributed by atoms with van der Waals surface area (Å²) < 4.78 is 4.70. The van der Waals surface area contributed by atoms with Gasteiger partial charge in [-0.3, -0.25) is 4.99 Å². The molecule has 1 saturated carbocycles. The minimum absolute atomic E-state index is 0.656. The molecule has 1 saturated heterocycles. The van der Waals surface area contributed by atoms with Crippen molar-refractivity contribution in [1.29, 1.82) is 0 Å². The minimum Gasteiger partial charge on any atom is -0.362 e. The molecule has 3 rings (SSSR count). The van der Waals surface area contributed by atoms with Crippen LogP contribution in [0.3, 0.4) is 0 Å². The van der Waals surface area contributed by atoms with Crippen LogP contribution < -0.4 is 5.32 Å². The average molecular weight is 266 g/mol. The van der Waals surface area contributed by atoms with E-state index in [4.69, 9.17) is 4.52 Å². The zero-order valence-electron chi connectivity index (χ0n) is 10.3. The third kappa shape index (κ3) is 2.85. The molecule has 2 aliphatic rings. The highest BCUT2D eigenvalue weighted by molar-refractivity contribution is 8.13. The van der Waals surface area contributed by atoms with E-state index < -0.39 is 0 Å². The van der Waals surface area contributed by atoms with Crippen molar-refractivity contribution in [2.24, 2.45) is 10.9 Å². The van der Waals surface area contributed by atoms with Crippen LogP contribution in [0.25, 0.3) is 0 Å². The van der Waals surface area contributed by atoms with Crippen molar-refractivity contribution in [2.45, 2.75) is 38.1 Å². The largest absolute Gasteiger partial charge is 0.362 e. The van der Waals surface area contributed by atoms with E-state index in [0.717, 1.165) is 29.9 Å². The molecule has 1 aromatic rings. The number of aromatic nitrogens is 2. The van der Waals surface area contributed by atoms with Crippen LogP contribution in [0.5, 0.6) is 0 Å². The quantitative estimate of drug-likeness (QED) is 0.904. The summed E-state index contributed by atoms with van der Waals surface area (Å²) in [5.41, 5.74) is 0. The molecular weight excluding hydrogens is 248 g/mol. The lowest BCUT2D eigenvalue weighted by molar-refractivity contribution is 0.311. The number of amidine groups is 1. The number of thioether (sulfide) groups is 1. The van der Waals surface area contributed by atoms with Gasteiger partial charge in [-0.15, -0.1) is 0 Å². The van der Waals surface area contributed by atoms with Crippen molar-refractivity contribution in [2.75, 3.05) is 12.3 Å². The van der Waals surface area contributed by atoms with E-state index in [1.54, 1.807) is 0 Å². The van der Waals surface area contributed by atoms with Crippen LogP contribution in [0.4, 0.5) is 0 Å². The summed E-state index contributed by atoms with van der Waals surface area (Å²) in [4.78, 5) is 8.59. The van der Waals surface area contributed by atoms with Gasteiger partial charge in [0, 0.05) is 24.8 Å². The SMILES string of the molecule is c1nc(CCN=C2NC3CCCCC3CS2)no1. The maximum absolute atomic E-state index is 4.70. The lowest BCUT2D eigenvalue weighted by Gasteiger charge is -2.36. The molecule has 0 aromatic carbocycles. The standard InChI is InChI=1S/C12H18N4OS/c1-2-4-10-9(3-1)7-18-12(15-10)13-6-5-11-14-8-17-16-11/h8-10H,1-7H2,(H,13,15). The first kappa shape index (κ1) is 12.0. The number of rotatable bonds is 3. The van der Waals surface area contributed by atoms with Crippen molar-refractivity contribution < 1.29 is 4.52 Å². The number of hydrogen-bond acceptors (Lipinski definition) is 5. The fourth-order valence-corrected chi connectivity index (χ4v) is 3.82. The fraction of sp³-hybridized carbons (Fsp3) is 0.750. The molecule has 2 atom stereocenters. The molecular formula is C12H18N4OS. The van der Waals surface area contributed by atoms with Crippen LogP contribution >= 0.6 is 11.8 Å². The van der Waals surface area contributed by atoms with E-state index >= 15 is 0 Å². The van der Waals surface area contributed by atoms with Crippen molar-refractivity contribution in [3.63, 3.8) is 0 Å². The van der Waals surface area contributed by atoms with Gasteiger partial charge < -0.3 is 9.84 Å². The van der Waals surface area contributed by atoms with Crippen LogP contribution in [-0.4, -0.2) is 33.6 Å². The Kier molecular flexibility index (Phi) is 3.83. The molecule has 1 aliphatic heterocycles. The molecule has 2 heterocycles. The predicted molar refractivity (Wildman–Crippen MR) is 71.6 cm³/mol. The molecule has 0 radical (unpaired) electrons. The smallest absolute Gasteiger partial charge is 0.213 e. The Morgan fingerprint density at radius 3 is 3.28 bits per heavy atom. The molecule has 0 spiro atoms. The second kappa shape index (κ2) is 5.73. The average Bonchev–Trinajstić information content (AvgIpc) is 2.92. The summed E-state index contributed by atoms with van der Waals surface area (Å²) in [6.45, 7) is 0.728. The van der Waals surface area contributed by atoms with Crippen LogP contribution in [0, 0.1) is 5.92 Å². The van der Waals surface area contributed by atoms with Gasteiger partial charge in [0.25, 0.3) is 0 Å². The van der Waals surface area contributed by atoms with Crippen molar-refractivity contribution in [1.82, 2.24) is 15.5 Å². The normalized spacial score (nSPS) is 29.9. The van der Waals surface area contributed by atoms with Gasteiger partial charge in [0.15, 0.2) is 11.0 Å². The molecule has 5 nitrogen and oxygen atoms in total. The molecule has 0 bridgehead atoms. The Hall–Kier alpha value is -1.04. The molecule has 0 amide bonds. The maximum atomic E-state index is 4.70. The van der Waals surface area contributed by atoms with E-state index in [-0.39, 0.29) is 0 Å². The Balaban J connectivity index is 1.50. The summed E-state index contributed by atoms with van der Waals surface area (Å²) in [6.07, 6.45) is 7.54. The van der Waals surface area contributed by atoms with E-state index in [0.29, 0.717) is 6.04 Å². The van der Waals surface area contributed by atoms with Crippen molar-refractivity contribution in [3.05, 3.63) is 12.2 Å². The number of aliphatic imine (C=N–C) groups is 1. The van der Waals surface area contributed by atoms with Crippen molar-refractivity contribution >= 4 is 16.9 Å². The Morgan fingerprint density at radius 1 is 1.44 bits per heavy atom. The second-order valence-corrected chi connectivity index (χ2v) is 5.90. The van der Waals surface area contributed by atoms with E-state index in [1.807, 2.05) is 11.8 Å². The van der Waals surface area contributed by atoms with E-state index in [2.05, 4.69) is 20.4 Å². The van der Waals surface area contributed by atoms with Crippen LogP contribution in [-0.2, 0) is 6.42 Å². The first-order valence-corrected chi connectivity index (χ1v) is 7.59. The Labute approximate surface area is 111 Å². The molecule has 1 aliphatic carbocycles. The van der Waals surface area contributed by atoms with Gasteiger partial charge in [-0.2, -0.15) is 4.98 Å². The van der Waals surface area contributed by atoms with Gasteiger partial charge in [-0.1, -0.05) is 29.8 Å². The lowest BCUT2D eigenvalue weighted by Crippen LogP contribution is -2.46. The number of hydrogen-bond donors (Lipinski definition) is 1. The van der Waals surface area contributed by atoms with Gasteiger partial charge in [-0.05, 0) is 18.8 Å². The topological polar surface area (TPSA) is 63.3 Å². The summed E-state index contributed by atoms with van der Waals surface area (Å²) >= 11 is 1.86. The Morgan fingerprint density at radius 2 is 2.39 bits per heavy atom. The summed E-state index contributed by atoms with van der Waals surface area (Å²) in [7, 11) is 0. The molecule has 1 N–H and O–H groups in total. The van der Waals surface area contributed by atoms with Gasteiger partial charge in [0.1, 0.15) is 0 Å². The highest BCUT2D eigenvalue weighted by atomic mass is 32.2. The maximum Gasteiger partial charge on any atom is 0.213 e. The summed E-state index contributed by atoms with van der Waals surface area (Å²) in [5.74, 6) is 2.80. The van der Waals surface area contributed by atoms with Gasteiger partial charge in [0.05, 0.1) is 0 Å². The fourth-order valence-electron chi connectivity index (χ4n) is 2.63. The first-order chi connectivity index (χ1) is 8.92. The lowest BCUT2D eigenvalue weighted by atomic mass is 9.86. The predicted octanol–water partition coefficient (Wildman–Crippen LogP) is 1.86. The second-order valence-electron chi connectivity index (χ2n) is 4.89. The third-order valence-corrected chi connectivity index (χ3v) is 4.77.